The van der Waals surface area contributed by atoms with Crippen molar-refractivity contribution in [3.05, 3.63) is 35.6 Å². The molecule has 0 amide bonds. The van der Waals surface area contributed by atoms with Gasteiger partial charge in [-0.25, -0.2) is 8.78 Å². The average molecular weight is 224 g/mol. The molecule has 0 saturated heterocycles. The molecule has 0 aliphatic rings. The monoisotopic (exact) mass is 224 g/mol. The maximum absolute atomic E-state index is 13.3. The van der Waals surface area contributed by atoms with E-state index in [4.69, 9.17) is 4.42 Å². The summed E-state index contributed by atoms with van der Waals surface area (Å²) in [5, 5.41) is 0.265. The minimum atomic E-state index is -0.794. The van der Waals surface area contributed by atoms with Crippen molar-refractivity contribution < 1.29 is 18.0 Å². The van der Waals surface area contributed by atoms with Gasteiger partial charge in [-0.15, -0.1) is 0 Å². The lowest BCUT2D eigenvalue weighted by molar-refractivity contribution is 0.0913. The van der Waals surface area contributed by atoms with Crippen LogP contribution in [0.4, 0.5) is 8.78 Å². The molecule has 16 heavy (non-hydrogen) atoms. The molecule has 84 valence electrons. The van der Waals surface area contributed by atoms with Crippen molar-refractivity contribution in [1.82, 2.24) is 0 Å². The highest BCUT2D eigenvalue weighted by molar-refractivity contribution is 5.98. The first-order chi connectivity index (χ1) is 7.49. The molecule has 0 spiro atoms. The standard InChI is InChI=1S/C12H10F2O2/c1-6(2)11(15)10-4-7-3-8(13)5-9(14)12(7)16-10/h3-6H,1-2H3. The molecule has 2 rings (SSSR count). The fourth-order valence-electron chi connectivity index (χ4n) is 1.48. The summed E-state index contributed by atoms with van der Waals surface area (Å²) in [4.78, 5) is 11.6. The zero-order chi connectivity index (χ0) is 11.9. The second-order valence-electron chi connectivity index (χ2n) is 3.94. The molecule has 0 atom stereocenters. The normalized spacial score (nSPS) is 11.3. The quantitative estimate of drug-likeness (QED) is 0.730. The molecule has 0 N–H and O–H groups in total. The van der Waals surface area contributed by atoms with Gasteiger partial charge >= 0.3 is 0 Å². The number of benzene rings is 1. The van der Waals surface area contributed by atoms with Crippen LogP contribution in [0.3, 0.4) is 0 Å². The lowest BCUT2D eigenvalue weighted by Crippen LogP contribution is -2.05. The van der Waals surface area contributed by atoms with Gasteiger partial charge in [-0.2, -0.15) is 0 Å². The van der Waals surface area contributed by atoms with Crippen molar-refractivity contribution >= 4 is 16.8 Å². The highest BCUT2D eigenvalue weighted by Crippen LogP contribution is 2.25. The summed E-state index contributed by atoms with van der Waals surface area (Å²) in [7, 11) is 0. The van der Waals surface area contributed by atoms with E-state index in [0.717, 1.165) is 12.1 Å². The van der Waals surface area contributed by atoms with E-state index in [1.165, 1.54) is 6.07 Å². The molecule has 2 aromatic rings. The van der Waals surface area contributed by atoms with Crippen LogP contribution in [-0.4, -0.2) is 5.78 Å². The summed E-state index contributed by atoms with van der Waals surface area (Å²) in [6.45, 7) is 3.43. The van der Waals surface area contributed by atoms with Crippen LogP contribution in [0.15, 0.2) is 22.6 Å². The summed E-state index contributed by atoms with van der Waals surface area (Å²) in [5.41, 5.74) is -0.0783. The number of furan rings is 1. The van der Waals surface area contributed by atoms with Gasteiger partial charge in [0.25, 0.3) is 0 Å². The van der Waals surface area contributed by atoms with E-state index < -0.39 is 11.6 Å². The summed E-state index contributed by atoms with van der Waals surface area (Å²) in [5.74, 6) is -1.88. The molecule has 0 aliphatic heterocycles. The third-order valence-electron chi connectivity index (χ3n) is 2.30. The minimum absolute atomic E-state index is 0.0644. The third-order valence-corrected chi connectivity index (χ3v) is 2.30. The Kier molecular flexibility index (Phi) is 2.50. The molecule has 1 aromatic carbocycles. The van der Waals surface area contributed by atoms with Gasteiger partial charge in [0.15, 0.2) is 17.2 Å². The summed E-state index contributed by atoms with van der Waals surface area (Å²) in [6.07, 6.45) is 0. The average Bonchev–Trinajstić information content (AvgIpc) is 2.60. The van der Waals surface area contributed by atoms with E-state index in [1.807, 2.05) is 0 Å². The van der Waals surface area contributed by atoms with Crippen LogP contribution < -0.4 is 0 Å². The van der Waals surface area contributed by atoms with Gasteiger partial charge in [0.05, 0.1) is 0 Å². The third kappa shape index (κ3) is 1.71. The largest absolute Gasteiger partial charge is 0.450 e. The van der Waals surface area contributed by atoms with Gasteiger partial charge < -0.3 is 4.42 Å². The Morgan fingerprint density at radius 2 is 1.94 bits per heavy atom. The van der Waals surface area contributed by atoms with Crippen molar-refractivity contribution in [2.75, 3.05) is 0 Å². The summed E-state index contributed by atoms with van der Waals surface area (Å²) >= 11 is 0. The van der Waals surface area contributed by atoms with Crippen LogP contribution in [0.25, 0.3) is 11.0 Å². The van der Waals surface area contributed by atoms with Crippen LogP contribution in [-0.2, 0) is 0 Å². The molecule has 1 aromatic heterocycles. The van der Waals surface area contributed by atoms with E-state index in [9.17, 15) is 13.6 Å². The lowest BCUT2D eigenvalue weighted by atomic mass is 10.1. The van der Waals surface area contributed by atoms with Crippen molar-refractivity contribution in [2.24, 2.45) is 5.92 Å². The van der Waals surface area contributed by atoms with Crippen LogP contribution >= 0.6 is 0 Å². The minimum Gasteiger partial charge on any atom is -0.450 e. The summed E-state index contributed by atoms with van der Waals surface area (Å²) < 4.78 is 31.3. The molecule has 0 bridgehead atoms. The number of carbonyl (C=O) groups excluding carboxylic acids is 1. The number of halogens is 2. The number of Topliss-reactive ketones (excluding diaryl/α,β-unsaturated/α-hetero) is 1. The van der Waals surface area contributed by atoms with Gasteiger partial charge in [-0.1, -0.05) is 13.8 Å². The van der Waals surface area contributed by atoms with Crippen molar-refractivity contribution in [3.63, 3.8) is 0 Å². The Morgan fingerprint density at radius 3 is 2.56 bits per heavy atom. The van der Waals surface area contributed by atoms with E-state index in [2.05, 4.69) is 0 Å². The Bertz CT molecular complexity index is 555. The predicted octanol–water partition coefficient (Wildman–Crippen LogP) is 3.55. The lowest BCUT2D eigenvalue weighted by Gasteiger charge is -1.98. The van der Waals surface area contributed by atoms with Gasteiger partial charge in [-0.05, 0) is 12.1 Å². The second kappa shape index (κ2) is 3.70. The topological polar surface area (TPSA) is 30.2 Å². The van der Waals surface area contributed by atoms with E-state index >= 15 is 0 Å². The highest BCUT2D eigenvalue weighted by atomic mass is 19.1. The van der Waals surface area contributed by atoms with Gasteiger partial charge in [0, 0.05) is 17.4 Å². The fraction of sp³-hybridized carbons (Fsp3) is 0.250. The smallest absolute Gasteiger partial charge is 0.200 e. The van der Waals surface area contributed by atoms with E-state index in [0.29, 0.717) is 0 Å². The molecular weight excluding hydrogens is 214 g/mol. The fourth-order valence-corrected chi connectivity index (χ4v) is 1.48. The van der Waals surface area contributed by atoms with Crippen LogP contribution in [0, 0.1) is 17.6 Å². The molecule has 0 unspecified atom stereocenters. The first kappa shape index (κ1) is 10.8. The SMILES string of the molecule is CC(C)C(=O)c1cc2cc(F)cc(F)c2o1. The molecule has 0 radical (unpaired) electrons. The number of rotatable bonds is 2. The predicted molar refractivity (Wildman–Crippen MR) is 55.3 cm³/mol. The molecule has 0 saturated carbocycles. The number of ketones is 1. The second-order valence-corrected chi connectivity index (χ2v) is 3.94. The van der Waals surface area contributed by atoms with Crippen LogP contribution in [0.2, 0.25) is 0 Å². The zero-order valence-corrected chi connectivity index (χ0v) is 8.88. The molecule has 0 aliphatic carbocycles. The number of carbonyl (C=O) groups is 1. The first-order valence-corrected chi connectivity index (χ1v) is 4.92. The van der Waals surface area contributed by atoms with Crippen molar-refractivity contribution in [1.29, 1.82) is 0 Å². The van der Waals surface area contributed by atoms with Gasteiger partial charge in [-0.3, -0.25) is 4.79 Å². The highest BCUT2D eigenvalue weighted by Gasteiger charge is 2.17. The number of hydrogen-bond donors (Lipinski definition) is 0. The molecule has 4 heteroatoms. The molecule has 1 heterocycles. The molecule has 2 nitrogen and oxygen atoms in total. The number of fused-ring (bicyclic) bond motifs is 1. The first-order valence-electron chi connectivity index (χ1n) is 4.92. The van der Waals surface area contributed by atoms with Crippen LogP contribution in [0.5, 0.6) is 0 Å². The Hall–Kier alpha value is -1.71. The van der Waals surface area contributed by atoms with Crippen molar-refractivity contribution in [3.8, 4) is 0 Å². The van der Waals surface area contributed by atoms with E-state index in [1.54, 1.807) is 13.8 Å². The summed E-state index contributed by atoms with van der Waals surface area (Å²) in [6, 6.07) is 3.23. The van der Waals surface area contributed by atoms with E-state index in [-0.39, 0.29) is 28.4 Å². The Balaban J connectivity index is 2.60. The van der Waals surface area contributed by atoms with Gasteiger partial charge in [0.2, 0.25) is 5.78 Å². The van der Waals surface area contributed by atoms with Crippen molar-refractivity contribution in [2.45, 2.75) is 13.8 Å². The zero-order valence-electron chi connectivity index (χ0n) is 8.88. The maximum atomic E-state index is 13.3. The van der Waals surface area contributed by atoms with Gasteiger partial charge in [0.1, 0.15) is 5.82 Å². The maximum Gasteiger partial charge on any atom is 0.200 e. The number of hydrogen-bond acceptors (Lipinski definition) is 2. The Morgan fingerprint density at radius 1 is 1.25 bits per heavy atom. The molecule has 0 fully saturated rings. The van der Waals surface area contributed by atoms with Crippen LogP contribution in [0.1, 0.15) is 24.4 Å². The Labute approximate surface area is 90.9 Å². The molecular formula is C12H10F2O2.